The van der Waals surface area contributed by atoms with Gasteiger partial charge in [0.1, 0.15) is 0 Å². The summed E-state index contributed by atoms with van der Waals surface area (Å²) in [5.74, 6) is 0. The Morgan fingerprint density at radius 1 is 1.30 bits per heavy atom. The van der Waals surface area contributed by atoms with Gasteiger partial charge in [-0.1, -0.05) is 24.3 Å². The number of likely N-dealkylation sites (N-methyl/N-ethyl adjacent to an activating group) is 1. The first kappa shape index (κ1) is 14.4. The molecule has 3 heteroatoms. The second kappa shape index (κ2) is 4.46. The number of nitrogens with zero attached hydrogens (tertiary/aromatic N) is 1. The van der Waals surface area contributed by atoms with E-state index in [9.17, 15) is 0 Å². The lowest BCUT2D eigenvalue weighted by atomic mass is 9.55. The second-order valence-electron chi connectivity index (χ2n) is 6.93. The smallest absolute Gasteiger partial charge is 0.0913 e. The van der Waals surface area contributed by atoms with E-state index in [1.54, 1.807) is 11.1 Å². The number of fused-ring (bicyclic) bond motifs is 1. The lowest BCUT2D eigenvalue weighted by Gasteiger charge is -2.58. The Kier molecular flexibility index (Phi) is 3.20. The molecule has 1 aliphatic carbocycles. The molecule has 2 aliphatic heterocycles. The highest BCUT2D eigenvalue weighted by Crippen LogP contribution is 2.59. The van der Waals surface area contributed by atoms with Gasteiger partial charge in [-0.3, -0.25) is 0 Å². The number of benzene rings is 1. The second-order valence-corrected chi connectivity index (χ2v) is 6.93. The van der Waals surface area contributed by atoms with E-state index in [2.05, 4.69) is 50.1 Å². The number of halogens is 1. The molecule has 0 spiro atoms. The third-order valence-electron chi connectivity index (χ3n) is 6.04. The maximum absolute atomic E-state index is 6.50. The molecular formula is C17H24ClNO. The molecule has 2 saturated heterocycles. The zero-order valence-electron chi connectivity index (χ0n) is 12.6. The van der Waals surface area contributed by atoms with Crippen LogP contribution in [-0.4, -0.2) is 36.2 Å². The maximum atomic E-state index is 6.50. The summed E-state index contributed by atoms with van der Waals surface area (Å²) in [7, 11) is 2.26. The molecule has 110 valence electrons. The Morgan fingerprint density at radius 2 is 2.05 bits per heavy atom. The van der Waals surface area contributed by atoms with E-state index in [0.29, 0.717) is 12.1 Å². The van der Waals surface area contributed by atoms with Crippen LogP contribution in [0.15, 0.2) is 24.3 Å². The van der Waals surface area contributed by atoms with Gasteiger partial charge in [0.15, 0.2) is 0 Å². The quantitative estimate of drug-likeness (QED) is 0.728. The first-order valence-corrected chi connectivity index (χ1v) is 7.53. The molecule has 2 nitrogen and oxygen atoms in total. The van der Waals surface area contributed by atoms with Crippen LogP contribution in [0.5, 0.6) is 0 Å². The van der Waals surface area contributed by atoms with Gasteiger partial charge in [-0.2, -0.15) is 0 Å². The minimum Gasteiger partial charge on any atom is -0.370 e. The molecule has 4 rings (SSSR count). The third-order valence-corrected chi connectivity index (χ3v) is 6.04. The third kappa shape index (κ3) is 1.53. The Balaban J connectivity index is 0.00000121. The van der Waals surface area contributed by atoms with Crippen LogP contribution in [0.25, 0.3) is 0 Å². The summed E-state index contributed by atoms with van der Waals surface area (Å²) >= 11 is 0. The number of piperidine rings is 1. The molecule has 0 aromatic heterocycles. The molecule has 1 unspecified atom stereocenters. The van der Waals surface area contributed by atoms with Gasteiger partial charge >= 0.3 is 0 Å². The Hall–Kier alpha value is -0.570. The van der Waals surface area contributed by atoms with E-state index in [0.717, 1.165) is 6.42 Å². The van der Waals surface area contributed by atoms with Crippen molar-refractivity contribution in [3.8, 4) is 0 Å². The molecule has 3 aliphatic rings. The monoisotopic (exact) mass is 293 g/mol. The van der Waals surface area contributed by atoms with Gasteiger partial charge in [-0.25, -0.2) is 0 Å². The minimum absolute atomic E-state index is 0. The molecule has 2 heterocycles. The lowest BCUT2D eigenvalue weighted by molar-refractivity contribution is -0.129. The van der Waals surface area contributed by atoms with E-state index in [-0.39, 0.29) is 23.4 Å². The van der Waals surface area contributed by atoms with Crippen molar-refractivity contribution < 1.29 is 4.74 Å². The predicted octanol–water partition coefficient (Wildman–Crippen LogP) is 3.17. The van der Waals surface area contributed by atoms with Gasteiger partial charge in [0.2, 0.25) is 0 Å². The van der Waals surface area contributed by atoms with Crippen LogP contribution in [0.1, 0.15) is 37.8 Å². The highest BCUT2D eigenvalue weighted by molar-refractivity contribution is 5.85. The molecule has 0 N–H and O–H groups in total. The highest BCUT2D eigenvalue weighted by atomic mass is 35.5. The molecule has 1 aromatic rings. The average molecular weight is 294 g/mol. The Morgan fingerprint density at radius 3 is 2.85 bits per heavy atom. The summed E-state index contributed by atoms with van der Waals surface area (Å²) < 4.78 is 6.50. The van der Waals surface area contributed by atoms with Crippen LogP contribution in [0, 0.1) is 0 Å². The van der Waals surface area contributed by atoms with Gasteiger partial charge < -0.3 is 9.64 Å². The van der Waals surface area contributed by atoms with Crippen molar-refractivity contribution in [3.63, 3.8) is 0 Å². The summed E-state index contributed by atoms with van der Waals surface area (Å²) in [6.45, 7) is 5.81. The van der Waals surface area contributed by atoms with E-state index in [1.807, 2.05) is 0 Å². The van der Waals surface area contributed by atoms with Crippen molar-refractivity contribution in [1.29, 1.82) is 0 Å². The average Bonchev–Trinajstić information content (AvgIpc) is 2.66. The number of ether oxygens (including phenoxy) is 1. The summed E-state index contributed by atoms with van der Waals surface area (Å²) in [4.78, 5) is 2.52. The van der Waals surface area contributed by atoms with Crippen molar-refractivity contribution in [2.24, 2.45) is 0 Å². The zero-order chi connectivity index (χ0) is 13.3. The lowest BCUT2D eigenvalue weighted by Crippen LogP contribution is -2.67. The predicted molar refractivity (Wildman–Crippen MR) is 83.7 cm³/mol. The van der Waals surface area contributed by atoms with Crippen LogP contribution in [0.4, 0.5) is 0 Å². The number of likely N-dealkylation sites (tertiary alicyclic amines) is 1. The van der Waals surface area contributed by atoms with Crippen LogP contribution in [-0.2, 0) is 16.6 Å². The van der Waals surface area contributed by atoms with Crippen LogP contribution >= 0.6 is 12.4 Å². The Labute approximate surface area is 127 Å². The number of hydrogen-bond donors (Lipinski definition) is 0. The summed E-state index contributed by atoms with van der Waals surface area (Å²) in [5.41, 5.74) is 3.37. The molecule has 0 amide bonds. The van der Waals surface area contributed by atoms with Crippen molar-refractivity contribution in [3.05, 3.63) is 35.4 Å². The van der Waals surface area contributed by atoms with Gasteiger partial charge in [0, 0.05) is 11.5 Å². The molecule has 1 aromatic carbocycles. The summed E-state index contributed by atoms with van der Waals surface area (Å²) in [6, 6.07) is 9.60. The SMILES string of the molecule is CC1C[C@]23CCN(C)[C@H](Cc4ccccc42)[C@@]3(C)O1.Cl. The zero-order valence-corrected chi connectivity index (χ0v) is 13.4. The first-order chi connectivity index (χ1) is 9.07. The van der Waals surface area contributed by atoms with Crippen molar-refractivity contribution in [2.75, 3.05) is 13.6 Å². The van der Waals surface area contributed by atoms with E-state index < -0.39 is 0 Å². The molecule has 2 fully saturated rings. The fourth-order valence-electron chi connectivity index (χ4n) is 5.19. The molecule has 2 bridgehead atoms. The summed E-state index contributed by atoms with van der Waals surface area (Å²) in [5, 5.41) is 0. The minimum atomic E-state index is -0.00618. The fraction of sp³-hybridized carbons (Fsp3) is 0.647. The van der Waals surface area contributed by atoms with Crippen molar-refractivity contribution in [2.45, 2.75) is 56.3 Å². The van der Waals surface area contributed by atoms with Gasteiger partial charge in [0.25, 0.3) is 0 Å². The number of rotatable bonds is 0. The summed E-state index contributed by atoms with van der Waals surface area (Å²) in [6.07, 6.45) is 3.94. The standard InChI is InChI=1S/C17H23NO.ClH/c1-12-11-17-8-9-18(3)15(16(17,2)19-12)10-13-6-4-5-7-14(13)17;/h4-7,12,15H,8-11H2,1-3H3;1H/t12?,15-,16-,17-;/m1./s1. The van der Waals surface area contributed by atoms with Crippen LogP contribution in [0.3, 0.4) is 0 Å². The molecule has 4 atom stereocenters. The topological polar surface area (TPSA) is 12.5 Å². The molecule has 0 radical (unpaired) electrons. The van der Waals surface area contributed by atoms with Crippen molar-refractivity contribution >= 4 is 12.4 Å². The maximum Gasteiger partial charge on any atom is 0.0913 e. The molecular weight excluding hydrogens is 270 g/mol. The van der Waals surface area contributed by atoms with Gasteiger partial charge in [-0.15, -0.1) is 12.4 Å². The van der Waals surface area contributed by atoms with Gasteiger partial charge in [0.05, 0.1) is 11.7 Å². The van der Waals surface area contributed by atoms with Gasteiger partial charge in [-0.05, 0) is 57.8 Å². The van der Waals surface area contributed by atoms with E-state index in [1.165, 1.54) is 19.4 Å². The van der Waals surface area contributed by atoms with Crippen LogP contribution < -0.4 is 0 Å². The largest absolute Gasteiger partial charge is 0.370 e. The number of hydrogen-bond acceptors (Lipinski definition) is 2. The van der Waals surface area contributed by atoms with E-state index >= 15 is 0 Å². The Bertz CT molecular complexity index is 533. The van der Waals surface area contributed by atoms with E-state index in [4.69, 9.17) is 4.74 Å². The fourth-order valence-corrected chi connectivity index (χ4v) is 5.19. The molecule has 20 heavy (non-hydrogen) atoms. The van der Waals surface area contributed by atoms with Crippen molar-refractivity contribution in [1.82, 2.24) is 4.90 Å². The van der Waals surface area contributed by atoms with Crippen LogP contribution in [0.2, 0.25) is 0 Å². The normalized spacial score (nSPS) is 42.5. The first-order valence-electron chi connectivity index (χ1n) is 7.53. The highest BCUT2D eigenvalue weighted by Gasteiger charge is 2.65. The molecule has 0 saturated carbocycles.